The molecule has 0 unspecified atom stereocenters. The number of halogens is 2. The van der Waals surface area contributed by atoms with Crippen molar-refractivity contribution in [3.05, 3.63) is 52.1 Å². The molecular weight excluding hydrogens is 293 g/mol. The monoisotopic (exact) mass is 307 g/mol. The van der Waals surface area contributed by atoms with E-state index in [1.807, 2.05) is 0 Å². The van der Waals surface area contributed by atoms with Crippen molar-refractivity contribution in [3.63, 3.8) is 0 Å². The maximum atomic E-state index is 13.4. The second-order valence-electron chi connectivity index (χ2n) is 4.70. The summed E-state index contributed by atoms with van der Waals surface area (Å²) in [4.78, 5) is 11.8. The number of nitrogens with one attached hydrogen (secondary N) is 1. The molecule has 6 heteroatoms. The summed E-state index contributed by atoms with van der Waals surface area (Å²) in [6.07, 6.45) is 2.93. The lowest BCUT2D eigenvalue weighted by atomic mass is 10.2. The van der Waals surface area contributed by atoms with Crippen molar-refractivity contribution < 1.29 is 9.18 Å². The van der Waals surface area contributed by atoms with E-state index in [9.17, 15) is 9.18 Å². The highest BCUT2D eigenvalue weighted by Crippen LogP contribution is 2.20. The number of amides is 1. The molecule has 1 amide bonds. The number of nitrogens with zero attached hydrogens (tertiary/aromatic N) is 2. The van der Waals surface area contributed by atoms with E-state index in [0.717, 1.165) is 5.69 Å². The molecule has 0 aliphatic carbocycles. The van der Waals surface area contributed by atoms with Crippen molar-refractivity contribution in [1.82, 2.24) is 9.78 Å². The van der Waals surface area contributed by atoms with Gasteiger partial charge in [0.2, 0.25) is 5.91 Å². The maximum Gasteiger partial charge on any atom is 0.248 e. The van der Waals surface area contributed by atoms with E-state index in [4.69, 9.17) is 11.6 Å². The van der Waals surface area contributed by atoms with E-state index >= 15 is 0 Å². The van der Waals surface area contributed by atoms with Crippen LogP contribution in [0, 0.1) is 19.7 Å². The van der Waals surface area contributed by atoms with E-state index in [2.05, 4.69) is 10.4 Å². The number of carbonyl (C=O) groups excluding carboxylic acids is 1. The summed E-state index contributed by atoms with van der Waals surface area (Å²) in [5.74, 6) is -0.722. The number of hydrogen-bond acceptors (Lipinski definition) is 2. The van der Waals surface area contributed by atoms with Crippen LogP contribution in [0.5, 0.6) is 0 Å². The quantitative estimate of drug-likeness (QED) is 0.882. The zero-order valence-electron chi connectivity index (χ0n) is 11.9. The van der Waals surface area contributed by atoms with Crippen molar-refractivity contribution in [2.24, 2.45) is 7.05 Å². The Morgan fingerprint density at radius 3 is 2.71 bits per heavy atom. The van der Waals surface area contributed by atoms with Crippen molar-refractivity contribution >= 4 is 29.3 Å². The van der Waals surface area contributed by atoms with E-state index < -0.39 is 0 Å². The van der Waals surface area contributed by atoms with Crippen LogP contribution in [0.25, 0.3) is 6.08 Å². The predicted molar refractivity (Wildman–Crippen MR) is 81.8 cm³/mol. The van der Waals surface area contributed by atoms with Crippen molar-refractivity contribution in [1.29, 1.82) is 0 Å². The summed E-state index contributed by atoms with van der Waals surface area (Å²) < 4.78 is 14.9. The smallest absolute Gasteiger partial charge is 0.248 e. The SMILES string of the molecule is Cc1ccc(NC(=O)/C=C/c2c(C)nn(C)c2Cl)cc1F. The van der Waals surface area contributed by atoms with Crippen molar-refractivity contribution in [3.8, 4) is 0 Å². The Bertz CT molecular complexity index is 722. The Balaban J connectivity index is 2.11. The average molecular weight is 308 g/mol. The summed E-state index contributed by atoms with van der Waals surface area (Å²) in [5, 5.41) is 7.19. The molecule has 1 N–H and O–H groups in total. The van der Waals surface area contributed by atoms with Crippen LogP contribution < -0.4 is 5.32 Å². The van der Waals surface area contributed by atoms with Gasteiger partial charge >= 0.3 is 0 Å². The summed E-state index contributed by atoms with van der Waals surface area (Å²) in [6, 6.07) is 4.53. The number of benzene rings is 1. The van der Waals surface area contributed by atoms with Gasteiger partial charge in [0.05, 0.1) is 5.69 Å². The van der Waals surface area contributed by atoms with Gasteiger partial charge in [0.1, 0.15) is 11.0 Å². The van der Waals surface area contributed by atoms with E-state index in [1.165, 1.54) is 16.8 Å². The largest absolute Gasteiger partial charge is 0.322 e. The molecule has 4 nitrogen and oxygen atoms in total. The molecule has 2 rings (SSSR count). The van der Waals surface area contributed by atoms with Crippen LogP contribution in [-0.2, 0) is 11.8 Å². The lowest BCUT2D eigenvalue weighted by Crippen LogP contribution is -2.08. The standard InChI is InChI=1S/C15H15ClFN3O/c1-9-4-5-11(8-13(9)17)18-14(21)7-6-12-10(2)19-20(3)15(12)16/h4-8H,1-3H3,(H,18,21)/b7-6+. The van der Waals surface area contributed by atoms with Crippen LogP contribution in [0.4, 0.5) is 10.1 Å². The lowest BCUT2D eigenvalue weighted by Gasteiger charge is -2.03. The van der Waals surface area contributed by atoms with Crippen LogP contribution >= 0.6 is 11.6 Å². The normalized spacial score (nSPS) is 11.1. The van der Waals surface area contributed by atoms with Crippen LogP contribution in [0.2, 0.25) is 5.15 Å². The van der Waals surface area contributed by atoms with Gasteiger partial charge in [-0.25, -0.2) is 4.39 Å². The minimum absolute atomic E-state index is 0.358. The number of rotatable bonds is 3. The van der Waals surface area contributed by atoms with Gasteiger partial charge < -0.3 is 5.32 Å². The molecule has 0 aliphatic rings. The van der Waals surface area contributed by atoms with Crippen LogP contribution in [0.15, 0.2) is 24.3 Å². The third-order valence-corrected chi connectivity index (χ3v) is 3.49. The fraction of sp³-hybridized carbons (Fsp3) is 0.200. The summed E-state index contributed by atoms with van der Waals surface area (Å²) >= 11 is 6.06. The van der Waals surface area contributed by atoms with Gasteiger partial charge in [-0.05, 0) is 37.6 Å². The second kappa shape index (κ2) is 6.10. The Kier molecular flexibility index (Phi) is 4.43. The molecule has 1 aromatic carbocycles. The highest BCUT2D eigenvalue weighted by Gasteiger charge is 2.08. The van der Waals surface area contributed by atoms with Gasteiger partial charge in [0.15, 0.2) is 0 Å². The molecule has 0 bridgehead atoms. The first-order chi connectivity index (χ1) is 9.88. The zero-order chi connectivity index (χ0) is 15.6. The average Bonchev–Trinajstić information content (AvgIpc) is 2.66. The number of carbonyl (C=O) groups is 1. The van der Waals surface area contributed by atoms with Gasteiger partial charge in [0.25, 0.3) is 0 Å². The summed E-state index contributed by atoms with van der Waals surface area (Å²) in [6.45, 7) is 3.47. The van der Waals surface area contributed by atoms with Gasteiger partial charge in [-0.1, -0.05) is 17.7 Å². The molecule has 110 valence electrons. The molecule has 0 spiro atoms. The molecule has 21 heavy (non-hydrogen) atoms. The Hall–Kier alpha value is -2.14. The minimum Gasteiger partial charge on any atom is -0.322 e. The third-order valence-electron chi connectivity index (χ3n) is 3.04. The highest BCUT2D eigenvalue weighted by atomic mass is 35.5. The molecule has 1 heterocycles. The van der Waals surface area contributed by atoms with Gasteiger partial charge in [-0.15, -0.1) is 0 Å². The molecule has 0 saturated carbocycles. The number of aromatic nitrogens is 2. The molecule has 0 atom stereocenters. The van der Waals surface area contributed by atoms with Crippen LogP contribution in [0.3, 0.4) is 0 Å². The third kappa shape index (κ3) is 3.49. The maximum absolute atomic E-state index is 13.4. The first-order valence-corrected chi connectivity index (χ1v) is 6.70. The van der Waals surface area contributed by atoms with Crippen LogP contribution in [-0.4, -0.2) is 15.7 Å². The first kappa shape index (κ1) is 15.3. The number of aryl methyl sites for hydroxylation is 3. The van der Waals surface area contributed by atoms with Crippen molar-refractivity contribution in [2.45, 2.75) is 13.8 Å². The fourth-order valence-electron chi connectivity index (χ4n) is 1.85. The van der Waals surface area contributed by atoms with Gasteiger partial charge in [-0.3, -0.25) is 9.48 Å². The van der Waals surface area contributed by atoms with Gasteiger partial charge in [-0.2, -0.15) is 5.10 Å². The summed E-state index contributed by atoms with van der Waals surface area (Å²) in [5.41, 5.74) is 2.35. The Labute approximate surface area is 127 Å². The molecular formula is C15H15ClFN3O. The lowest BCUT2D eigenvalue weighted by molar-refractivity contribution is -0.111. The highest BCUT2D eigenvalue weighted by molar-refractivity contribution is 6.31. The molecule has 0 aliphatic heterocycles. The van der Waals surface area contributed by atoms with E-state index in [-0.39, 0.29) is 11.7 Å². The van der Waals surface area contributed by atoms with E-state index in [1.54, 1.807) is 39.1 Å². The number of anilines is 1. The number of hydrogen-bond donors (Lipinski definition) is 1. The Morgan fingerprint density at radius 2 is 2.14 bits per heavy atom. The summed E-state index contributed by atoms with van der Waals surface area (Å²) in [7, 11) is 1.72. The van der Waals surface area contributed by atoms with Gasteiger partial charge in [0, 0.05) is 24.4 Å². The Morgan fingerprint density at radius 1 is 1.43 bits per heavy atom. The fourth-order valence-corrected chi connectivity index (χ4v) is 2.09. The molecule has 0 fully saturated rings. The zero-order valence-corrected chi connectivity index (χ0v) is 12.7. The molecule has 0 radical (unpaired) electrons. The molecule has 0 saturated heterocycles. The van der Waals surface area contributed by atoms with Crippen LogP contribution in [0.1, 0.15) is 16.8 Å². The first-order valence-electron chi connectivity index (χ1n) is 6.33. The topological polar surface area (TPSA) is 46.9 Å². The second-order valence-corrected chi connectivity index (χ2v) is 5.06. The predicted octanol–water partition coefficient (Wildman–Crippen LogP) is 3.48. The molecule has 1 aromatic heterocycles. The van der Waals surface area contributed by atoms with E-state index in [0.29, 0.717) is 22.0 Å². The molecule has 2 aromatic rings. The van der Waals surface area contributed by atoms with Crippen molar-refractivity contribution in [2.75, 3.05) is 5.32 Å². The minimum atomic E-state index is -0.363.